The van der Waals surface area contributed by atoms with E-state index in [0.29, 0.717) is 0 Å². The van der Waals surface area contributed by atoms with E-state index in [1.807, 2.05) is 0 Å². The van der Waals surface area contributed by atoms with E-state index in [1.165, 1.54) is 21.5 Å². The Hall–Kier alpha value is -5.02. The van der Waals surface area contributed by atoms with Gasteiger partial charge in [0.2, 0.25) is 0 Å². The quantitative estimate of drug-likeness (QED) is 0.216. The number of fused-ring (bicyclic) bond motifs is 16. The second-order valence-electron chi connectivity index (χ2n) is 9.84. The summed E-state index contributed by atoms with van der Waals surface area (Å²) in [6.45, 7) is 0. The van der Waals surface area contributed by atoms with Crippen LogP contribution in [0.2, 0.25) is 0 Å². The molecule has 0 amide bonds. The third kappa shape index (κ3) is 2.45. The highest BCUT2D eigenvalue weighted by Crippen LogP contribution is 2.41. The van der Waals surface area contributed by atoms with Crippen molar-refractivity contribution < 1.29 is 4.42 Å². The standard InChI is InChI=1S/C34H20N2O/c1-3-16-29-27(14-1)33-31-32-34(37-33)28-15-2-4-17-30(28)36(32)26-13-7-11-24(20-26)22-9-5-8-21(18-22)23-10-6-12-25(19-23)35(29)31/h1-20H. The number of para-hydroxylation sites is 2. The van der Waals surface area contributed by atoms with Crippen LogP contribution in [-0.4, -0.2) is 8.80 Å². The van der Waals surface area contributed by atoms with Gasteiger partial charge >= 0.3 is 0 Å². The summed E-state index contributed by atoms with van der Waals surface area (Å²) < 4.78 is 11.5. The summed E-state index contributed by atoms with van der Waals surface area (Å²) in [6.07, 6.45) is 0. The number of hydrogen-bond acceptors (Lipinski definition) is 1. The number of benzene rings is 5. The largest absolute Gasteiger partial charge is 0.451 e. The maximum absolute atomic E-state index is 6.78. The molecule has 0 radical (unpaired) electrons. The topological polar surface area (TPSA) is 22.0 Å². The lowest BCUT2D eigenvalue weighted by atomic mass is 10.1. The van der Waals surface area contributed by atoms with Gasteiger partial charge in [-0.05, 0) is 76.1 Å². The van der Waals surface area contributed by atoms with Gasteiger partial charge in [0.15, 0.2) is 11.2 Å². The molecule has 3 heteroatoms. The Morgan fingerprint density at radius 3 is 1.35 bits per heavy atom. The van der Waals surface area contributed by atoms with Crippen LogP contribution < -0.4 is 0 Å². The molecule has 37 heavy (non-hydrogen) atoms. The molecular formula is C34H20N2O. The third-order valence-corrected chi connectivity index (χ3v) is 7.82. The second kappa shape index (κ2) is 6.80. The SMILES string of the molecule is c1cc2cc(c1)c1cccc(c1)n1c3ccccc3c3oc4c5ccccc5n(c5cccc2c5)c4c31. The first-order valence-electron chi connectivity index (χ1n) is 12.6. The minimum atomic E-state index is 0.928. The zero-order chi connectivity index (χ0) is 24.1. The average molecular weight is 473 g/mol. The van der Waals surface area contributed by atoms with Crippen LogP contribution in [-0.2, 0) is 0 Å². The van der Waals surface area contributed by atoms with Crippen LogP contribution in [0.15, 0.2) is 126 Å². The molecule has 0 spiro atoms. The molecule has 4 heterocycles. The molecule has 0 aliphatic heterocycles. The Bertz CT molecular complexity index is 2250. The molecule has 4 aromatic heterocycles. The predicted molar refractivity (Wildman–Crippen MR) is 154 cm³/mol. The lowest BCUT2D eigenvalue weighted by Gasteiger charge is -2.02. The predicted octanol–water partition coefficient (Wildman–Crippen LogP) is 9.27. The van der Waals surface area contributed by atoms with Crippen molar-refractivity contribution in [2.45, 2.75) is 0 Å². The molecule has 0 N–H and O–H groups in total. The van der Waals surface area contributed by atoms with Crippen molar-refractivity contribution in [2.75, 3.05) is 0 Å². The van der Waals surface area contributed by atoms with Gasteiger partial charge in [-0.15, -0.1) is 0 Å². The van der Waals surface area contributed by atoms with E-state index >= 15 is 0 Å². The molecule has 0 fully saturated rings. The molecule has 172 valence electrons. The maximum atomic E-state index is 6.78. The summed E-state index contributed by atoms with van der Waals surface area (Å²) >= 11 is 0. The van der Waals surface area contributed by atoms with Crippen LogP contribution in [0.3, 0.4) is 0 Å². The van der Waals surface area contributed by atoms with Crippen molar-refractivity contribution in [1.29, 1.82) is 0 Å². The number of rotatable bonds is 0. The van der Waals surface area contributed by atoms with Gasteiger partial charge in [-0.2, -0.15) is 0 Å². The fraction of sp³-hybridized carbons (Fsp3) is 0. The summed E-state index contributed by atoms with van der Waals surface area (Å²) in [6, 6.07) is 43.7. The van der Waals surface area contributed by atoms with Gasteiger partial charge in [0.25, 0.3) is 0 Å². The third-order valence-electron chi connectivity index (χ3n) is 7.82. The average Bonchev–Trinajstić information content (AvgIpc) is 3.59. The Morgan fingerprint density at radius 1 is 0.405 bits per heavy atom. The van der Waals surface area contributed by atoms with E-state index in [-0.39, 0.29) is 0 Å². The Kier molecular flexibility index (Phi) is 3.53. The zero-order valence-corrected chi connectivity index (χ0v) is 19.8. The second-order valence-corrected chi connectivity index (χ2v) is 9.84. The number of hydrogen-bond donors (Lipinski definition) is 0. The van der Waals surface area contributed by atoms with Crippen molar-refractivity contribution in [3.8, 4) is 0 Å². The van der Waals surface area contributed by atoms with Gasteiger partial charge < -0.3 is 13.2 Å². The monoisotopic (exact) mass is 472 g/mol. The van der Waals surface area contributed by atoms with Crippen LogP contribution in [0.1, 0.15) is 0 Å². The summed E-state index contributed by atoms with van der Waals surface area (Å²) in [4.78, 5) is 0. The van der Waals surface area contributed by atoms with E-state index in [2.05, 4.69) is 130 Å². The van der Waals surface area contributed by atoms with Crippen molar-refractivity contribution >= 4 is 76.6 Å². The molecule has 9 aromatic rings. The first-order valence-corrected chi connectivity index (χ1v) is 12.6. The highest BCUT2D eigenvalue weighted by molar-refractivity contribution is 6.21. The van der Waals surface area contributed by atoms with Crippen LogP contribution in [0.4, 0.5) is 0 Å². The highest BCUT2D eigenvalue weighted by atomic mass is 16.3. The Labute approximate surface area is 211 Å². The van der Waals surface area contributed by atoms with Crippen molar-refractivity contribution in [3.05, 3.63) is 121 Å². The summed E-state index contributed by atoms with van der Waals surface area (Å²) in [5, 5.41) is 7.05. The number of furan rings is 1. The molecule has 3 nitrogen and oxygen atoms in total. The van der Waals surface area contributed by atoms with Gasteiger partial charge in [-0.25, -0.2) is 0 Å². The molecule has 0 saturated carbocycles. The van der Waals surface area contributed by atoms with Gasteiger partial charge in [0.05, 0.1) is 11.0 Å². The van der Waals surface area contributed by atoms with Gasteiger partial charge in [0, 0.05) is 21.8 Å². The summed E-state index contributed by atoms with van der Waals surface area (Å²) in [5.74, 6) is 0. The van der Waals surface area contributed by atoms with E-state index in [1.54, 1.807) is 0 Å². The van der Waals surface area contributed by atoms with E-state index in [0.717, 1.165) is 55.0 Å². The fourth-order valence-electron chi connectivity index (χ4n) is 6.22. The normalized spacial score (nSPS) is 12.3. The van der Waals surface area contributed by atoms with Gasteiger partial charge in [-0.1, -0.05) is 66.7 Å². The number of nitrogens with zero attached hydrogens (tertiary/aromatic N) is 2. The molecule has 0 atom stereocenters. The van der Waals surface area contributed by atoms with E-state index in [9.17, 15) is 0 Å². The van der Waals surface area contributed by atoms with E-state index < -0.39 is 0 Å². The van der Waals surface area contributed by atoms with Crippen LogP contribution in [0.25, 0.3) is 76.6 Å². The van der Waals surface area contributed by atoms with Crippen LogP contribution in [0.5, 0.6) is 0 Å². The summed E-state index contributed by atoms with van der Waals surface area (Å²) in [5.41, 5.74) is 8.59. The highest BCUT2D eigenvalue weighted by Gasteiger charge is 2.22. The minimum absolute atomic E-state index is 0.928. The van der Waals surface area contributed by atoms with Gasteiger partial charge in [-0.3, -0.25) is 0 Å². The molecular weight excluding hydrogens is 452 g/mol. The first kappa shape index (κ1) is 19.2. The molecule has 6 bridgehead atoms. The van der Waals surface area contributed by atoms with Gasteiger partial charge in [0.1, 0.15) is 11.0 Å². The maximum Gasteiger partial charge on any atom is 0.163 e. The van der Waals surface area contributed by atoms with Crippen molar-refractivity contribution in [2.24, 2.45) is 0 Å². The minimum Gasteiger partial charge on any atom is -0.451 e. The zero-order valence-electron chi connectivity index (χ0n) is 19.8. The molecule has 0 unspecified atom stereocenters. The molecule has 9 rings (SSSR count). The Morgan fingerprint density at radius 2 is 0.838 bits per heavy atom. The Balaban J connectivity index is 1.74. The lowest BCUT2D eigenvalue weighted by Crippen LogP contribution is -1.88. The smallest absolute Gasteiger partial charge is 0.163 e. The molecule has 0 aliphatic carbocycles. The van der Waals surface area contributed by atoms with Crippen molar-refractivity contribution in [3.63, 3.8) is 0 Å². The van der Waals surface area contributed by atoms with E-state index in [4.69, 9.17) is 4.42 Å². The molecule has 0 saturated heterocycles. The molecule has 5 aromatic carbocycles. The lowest BCUT2D eigenvalue weighted by molar-refractivity contribution is 0.677. The molecule has 0 aliphatic rings. The van der Waals surface area contributed by atoms with Crippen LogP contribution >= 0.6 is 0 Å². The number of aromatic nitrogens is 2. The fourth-order valence-corrected chi connectivity index (χ4v) is 6.22. The van der Waals surface area contributed by atoms with Crippen molar-refractivity contribution in [1.82, 2.24) is 8.80 Å². The van der Waals surface area contributed by atoms with Crippen LogP contribution in [0, 0.1) is 0 Å². The first-order chi connectivity index (χ1) is 18.3. The summed E-state index contributed by atoms with van der Waals surface area (Å²) in [7, 11) is 0.